The Bertz CT molecular complexity index is 988. The van der Waals surface area contributed by atoms with Crippen LogP contribution >= 0.6 is 23.2 Å². The number of halogens is 2. The third-order valence-corrected chi connectivity index (χ3v) is 6.74. The van der Waals surface area contributed by atoms with Gasteiger partial charge in [0.2, 0.25) is 15.9 Å². The van der Waals surface area contributed by atoms with Crippen LogP contribution in [0.15, 0.2) is 41.3 Å². The number of hydrogen-bond acceptors (Lipinski definition) is 5. The average Bonchev–Trinajstić information content (AvgIpc) is 2.68. The molecule has 0 saturated carbocycles. The molecule has 1 saturated heterocycles. The van der Waals surface area contributed by atoms with E-state index in [4.69, 9.17) is 27.9 Å². The summed E-state index contributed by atoms with van der Waals surface area (Å²) in [5, 5.41) is 6.60. The Kier molecular flexibility index (Phi) is 7.02. The second-order valence-electron chi connectivity index (χ2n) is 6.55. The molecule has 156 valence electrons. The SMILES string of the molecule is Cc1ccc(S(=O)(=O)N2CCOCC2)cc1NC(=O)CNc1cc(Cl)cc(Cl)c1. The standard InChI is InChI=1S/C19H21Cl2N3O4S/c1-13-2-3-17(29(26,27)24-4-6-28-7-5-24)11-18(13)23-19(25)12-22-16-9-14(20)8-15(21)10-16/h2-3,8-11,22H,4-7,12H2,1H3,(H,23,25). The van der Waals surface area contributed by atoms with Gasteiger partial charge in [-0.05, 0) is 42.8 Å². The first-order valence-corrected chi connectivity index (χ1v) is 11.1. The summed E-state index contributed by atoms with van der Waals surface area (Å²) in [5.41, 5.74) is 1.80. The number of aryl methyl sites for hydroxylation is 1. The molecule has 1 amide bonds. The maximum absolute atomic E-state index is 12.8. The first kappa shape index (κ1) is 21.9. The highest BCUT2D eigenvalue weighted by atomic mass is 35.5. The quantitative estimate of drug-likeness (QED) is 0.693. The van der Waals surface area contributed by atoms with Crippen LogP contribution in [0.1, 0.15) is 5.56 Å². The van der Waals surface area contributed by atoms with Crippen LogP contribution in [0, 0.1) is 6.92 Å². The van der Waals surface area contributed by atoms with Crippen LogP contribution in [0.3, 0.4) is 0 Å². The number of hydrogen-bond donors (Lipinski definition) is 2. The highest BCUT2D eigenvalue weighted by molar-refractivity contribution is 7.89. The van der Waals surface area contributed by atoms with Crippen molar-refractivity contribution in [3.8, 4) is 0 Å². The second kappa shape index (κ2) is 9.32. The zero-order valence-corrected chi connectivity index (χ0v) is 18.1. The number of nitrogens with zero attached hydrogens (tertiary/aromatic N) is 1. The predicted octanol–water partition coefficient (Wildman–Crippen LogP) is 3.37. The van der Waals surface area contributed by atoms with E-state index in [1.54, 1.807) is 37.3 Å². The first-order chi connectivity index (χ1) is 13.8. The highest BCUT2D eigenvalue weighted by Crippen LogP contribution is 2.24. The van der Waals surface area contributed by atoms with Gasteiger partial charge in [0.1, 0.15) is 0 Å². The molecule has 2 N–H and O–H groups in total. The second-order valence-corrected chi connectivity index (χ2v) is 9.36. The number of carbonyl (C=O) groups is 1. The lowest BCUT2D eigenvalue weighted by molar-refractivity contribution is -0.114. The molecule has 1 fully saturated rings. The van der Waals surface area contributed by atoms with Crippen LogP contribution < -0.4 is 10.6 Å². The normalized spacial score (nSPS) is 15.1. The van der Waals surface area contributed by atoms with Crippen molar-refractivity contribution in [3.63, 3.8) is 0 Å². The molecule has 0 unspecified atom stereocenters. The summed E-state index contributed by atoms with van der Waals surface area (Å²) in [6.07, 6.45) is 0. The molecule has 0 aliphatic carbocycles. The van der Waals surface area contributed by atoms with Crippen LogP contribution in [-0.2, 0) is 19.6 Å². The summed E-state index contributed by atoms with van der Waals surface area (Å²) < 4.78 is 32.3. The lowest BCUT2D eigenvalue weighted by atomic mass is 10.2. The number of ether oxygens (including phenoxy) is 1. The number of benzene rings is 2. The number of anilines is 2. The Morgan fingerprint density at radius 1 is 1.10 bits per heavy atom. The third kappa shape index (κ3) is 5.61. The Morgan fingerprint density at radius 2 is 1.76 bits per heavy atom. The summed E-state index contributed by atoms with van der Waals surface area (Å²) in [6, 6.07) is 9.60. The summed E-state index contributed by atoms with van der Waals surface area (Å²) >= 11 is 11.9. The Morgan fingerprint density at radius 3 is 2.41 bits per heavy atom. The molecule has 0 bridgehead atoms. The minimum atomic E-state index is -3.64. The van der Waals surface area contributed by atoms with Crippen LogP contribution in [0.5, 0.6) is 0 Å². The summed E-state index contributed by atoms with van der Waals surface area (Å²) in [6.45, 7) is 3.12. The Balaban J connectivity index is 1.70. The largest absolute Gasteiger partial charge is 0.379 e. The monoisotopic (exact) mass is 457 g/mol. The van der Waals surface area contributed by atoms with Gasteiger partial charge >= 0.3 is 0 Å². The Labute approximate surface area is 180 Å². The van der Waals surface area contributed by atoms with Crippen molar-refractivity contribution in [1.29, 1.82) is 0 Å². The molecule has 29 heavy (non-hydrogen) atoms. The molecule has 3 rings (SSSR count). The number of carbonyl (C=O) groups excluding carboxylic acids is 1. The van der Waals surface area contributed by atoms with E-state index < -0.39 is 10.0 Å². The number of nitrogens with one attached hydrogen (secondary N) is 2. The maximum atomic E-state index is 12.8. The number of rotatable bonds is 6. The molecular weight excluding hydrogens is 437 g/mol. The fraction of sp³-hybridized carbons (Fsp3) is 0.316. The molecule has 0 radical (unpaired) electrons. The molecule has 0 atom stereocenters. The number of amides is 1. The van der Waals surface area contributed by atoms with Gasteiger partial charge in [-0.1, -0.05) is 29.3 Å². The van der Waals surface area contributed by atoms with Gasteiger partial charge < -0.3 is 15.4 Å². The molecule has 0 spiro atoms. The van der Waals surface area contributed by atoms with E-state index in [1.165, 1.54) is 10.4 Å². The molecule has 10 heteroatoms. The Hall–Kier alpha value is -1.84. The van der Waals surface area contributed by atoms with Crippen molar-refractivity contribution in [2.45, 2.75) is 11.8 Å². The predicted molar refractivity (Wildman–Crippen MR) is 114 cm³/mol. The van der Waals surface area contributed by atoms with Gasteiger partial charge in [0.15, 0.2) is 0 Å². The smallest absolute Gasteiger partial charge is 0.243 e. The van der Waals surface area contributed by atoms with Gasteiger partial charge in [-0.25, -0.2) is 8.42 Å². The van der Waals surface area contributed by atoms with Gasteiger partial charge in [-0.2, -0.15) is 4.31 Å². The summed E-state index contributed by atoms with van der Waals surface area (Å²) in [5.74, 6) is -0.329. The average molecular weight is 458 g/mol. The van der Waals surface area contributed by atoms with Crippen molar-refractivity contribution in [3.05, 3.63) is 52.0 Å². The van der Waals surface area contributed by atoms with Crippen molar-refractivity contribution < 1.29 is 17.9 Å². The van der Waals surface area contributed by atoms with E-state index in [1.807, 2.05) is 0 Å². The van der Waals surface area contributed by atoms with Crippen LogP contribution in [-0.4, -0.2) is 51.5 Å². The third-order valence-electron chi connectivity index (χ3n) is 4.41. The van der Waals surface area contributed by atoms with Gasteiger partial charge in [-0.3, -0.25) is 4.79 Å². The fourth-order valence-electron chi connectivity index (χ4n) is 2.86. The van der Waals surface area contributed by atoms with E-state index in [0.29, 0.717) is 47.7 Å². The minimum Gasteiger partial charge on any atom is -0.379 e. The van der Waals surface area contributed by atoms with Crippen molar-refractivity contribution >= 4 is 50.5 Å². The van der Waals surface area contributed by atoms with Crippen LogP contribution in [0.2, 0.25) is 10.0 Å². The molecule has 2 aromatic rings. The van der Waals surface area contributed by atoms with Crippen molar-refractivity contribution in [1.82, 2.24) is 4.31 Å². The summed E-state index contributed by atoms with van der Waals surface area (Å²) in [4.78, 5) is 12.5. The minimum absolute atomic E-state index is 0.0312. The zero-order valence-electron chi connectivity index (χ0n) is 15.7. The molecule has 1 aliphatic heterocycles. The lowest BCUT2D eigenvalue weighted by Gasteiger charge is -2.26. The van der Waals surface area contributed by atoms with Gasteiger partial charge in [0, 0.05) is 34.5 Å². The van der Waals surface area contributed by atoms with Gasteiger partial charge in [0.05, 0.1) is 24.7 Å². The first-order valence-electron chi connectivity index (χ1n) is 8.94. The number of morpholine rings is 1. The lowest BCUT2D eigenvalue weighted by Crippen LogP contribution is -2.40. The van der Waals surface area contributed by atoms with E-state index in [0.717, 1.165) is 5.56 Å². The van der Waals surface area contributed by atoms with Crippen LogP contribution in [0.4, 0.5) is 11.4 Å². The van der Waals surface area contributed by atoms with E-state index in [-0.39, 0.29) is 17.3 Å². The van der Waals surface area contributed by atoms with E-state index in [2.05, 4.69) is 10.6 Å². The highest BCUT2D eigenvalue weighted by Gasteiger charge is 2.26. The van der Waals surface area contributed by atoms with Gasteiger partial charge in [0.25, 0.3) is 0 Å². The fourth-order valence-corrected chi connectivity index (χ4v) is 4.83. The molecule has 1 heterocycles. The van der Waals surface area contributed by atoms with Gasteiger partial charge in [-0.15, -0.1) is 0 Å². The van der Waals surface area contributed by atoms with Crippen LogP contribution in [0.25, 0.3) is 0 Å². The van der Waals surface area contributed by atoms with E-state index >= 15 is 0 Å². The summed E-state index contributed by atoms with van der Waals surface area (Å²) in [7, 11) is -3.64. The molecule has 0 aromatic heterocycles. The van der Waals surface area contributed by atoms with Crippen molar-refractivity contribution in [2.24, 2.45) is 0 Å². The van der Waals surface area contributed by atoms with E-state index in [9.17, 15) is 13.2 Å². The number of sulfonamides is 1. The molecule has 2 aromatic carbocycles. The zero-order chi connectivity index (χ0) is 21.0. The molecular formula is C19H21Cl2N3O4S. The maximum Gasteiger partial charge on any atom is 0.243 e. The molecule has 1 aliphatic rings. The topological polar surface area (TPSA) is 87.7 Å². The van der Waals surface area contributed by atoms with Crippen molar-refractivity contribution in [2.75, 3.05) is 43.5 Å². The molecule has 7 nitrogen and oxygen atoms in total.